The third-order valence-electron chi connectivity index (χ3n) is 2.61. The van der Waals surface area contributed by atoms with Gasteiger partial charge < -0.3 is 11.1 Å². The van der Waals surface area contributed by atoms with Crippen LogP contribution < -0.4 is 11.1 Å². The van der Waals surface area contributed by atoms with Crippen LogP contribution >= 0.6 is 12.2 Å². The monoisotopic (exact) mass is 240 g/mol. The minimum atomic E-state index is -0.438. The SMILES string of the molecule is Cc1c(CNC(=O)C(C)C(N)=S)cnn1C. The molecule has 1 rings (SSSR count). The summed E-state index contributed by atoms with van der Waals surface area (Å²) >= 11 is 4.76. The van der Waals surface area contributed by atoms with Crippen LogP contribution in [-0.2, 0) is 18.4 Å². The van der Waals surface area contributed by atoms with Crippen LogP contribution in [0.25, 0.3) is 0 Å². The maximum absolute atomic E-state index is 11.6. The highest BCUT2D eigenvalue weighted by molar-refractivity contribution is 7.80. The summed E-state index contributed by atoms with van der Waals surface area (Å²) in [6.07, 6.45) is 1.74. The fourth-order valence-corrected chi connectivity index (χ4v) is 1.29. The second-order valence-electron chi connectivity index (χ2n) is 3.72. The van der Waals surface area contributed by atoms with E-state index in [9.17, 15) is 4.79 Å². The molecule has 0 radical (unpaired) electrons. The molecule has 6 heteroatoms. The summed E-state index contributed by atoms with van der Waals surface area (Å²) in [6, 6.07) is 0. The smallest absolute Gasteiger partial charge is 0.229 e. The molecule has 3 N–H and O–H groups in total. The first-order valence-corrected chi connectivity index (χ1v) is 5.38. The number of aryl methyl sites for hydroxylation is 1. The zero-order chi connectivity index (χ0) is 12.3. The first-order chi connectivity index (χ1) is 7.43. The standard InChI is InChI=1S/C10H16N4OS/c1-6(9(11)16)10(15)12-4-8-5-13-14(3)7(8)2/h5-6H,4H2,1-3H3,(H2,11,16)(H,12,15). The topological polar surface area (TPSA) is 72.9 Å². The Labute approximate surface area is 100 Å². The lowest BCUT2D eigenvalue weighted by atomic mass is 10.1. The van der Waals surface area contributed by atoms with Gasteiger partial charge in [0.1, 0.15) is 0 Å². The molecular weight excluding hydrogens is 224 g/mol. The Balaban J connectivity index is 2.55. The molecule has 1 aromatic heterocycles. The number of carbonyl (C=O) groups excluding carboxylic acids is 1. The number of aromatic nitrogens is 2. The Morgan fingerprint density at radius 1 is 1.75 bits per heavy atom. The number of hydrogen-bond acceptors (Lipinski definition) is 3. The highest BCUT2D eigenvalue weighted by Gasteiger charge is 2.15. The van der Waals surface area contributed by atoms with Crippen LogP contribution in [0.2, 0.25) is 0 Å². The lowest BCUT2D eigenvalue weighted by Gasteiger charge is -2.10. The van der Waals surface area contributed by atoms with E-state index in [0.29, 0.717) is 6.54 Å². The molecule has 0 fully saturated rings. The van der Waals surface area contributed by atoms with E-state index >= 15 is 0 Å². The maximum atomic E-state index is 11.6. The van der Waals surface area contributed by atoms with E-state index in [-0.39, 0.29) is 10.9 Å². The van der Waals surface area contributed by atoms with Crippen LogP contribution in [0.4, 0.5) is 0 Å². The number of nitrogens with zero attached hydrogens (tertiary/aromatic N) is 2. The van der Waals surface area contributed by atoms with E-state index < -0.39 is 5.92 Å². The van der Waals surface area contributed by atoms with E-state index in [1.54, 1.807) is 17.8 Å². The second kappa shape index (κ2) is 5.07. The summed E-state index contributed by atoms with van der Waals surface area (Å²) in [7, 11) is 1.86. The highest BCUT2D eigenvalue weighted by Crippen LogP contribution is 2.05. The van der Waals surface area contributed by atoms with Crippen molar-refractivity contribution in [2.24, 2.45) is 18.7 Å². The summed E-state index contributed by atoms with van der Waals surface area (Å²) in [4.78, 5) is 11.8. The first kappa shape index (κ1) is 12.6. The van der Waals surface area contributed by atoms with Gasteiger partial charge in [0.2, 0.25) is 5.91 Å². The summed E-state index contributed by atoms with van der Waals surface area (Å²) in [5.41, 5.74) is 7.42. The molecule has 5 nitrogen and oxygen atoms in total. The number of nitrogens with two attached hydrogens (primary N) is 1. The third kappa shape index (κ3) is 2.79. The van der Waals surface area contributed by atoms with E-state index in [1.807, 2.05) is 14.0 Å². The predicted molar refractivity (Wildman–Crippen MR) is 65.7 cm³/mol. The van der Waals surface area contributed by atoms with Gasteiger partial charge in [0.15, 0.2) is 0 Å². The molecule has 88 valence electrons. The molecule has 0 saturated heterocycles. The molecule has 0 aliphatic heterocycles. The largest absolute Gasteiger partial charge is 0.393 e. The Hall–Kier alpha value is -1.43. The average molecular weight is 240 g/mol. The number of nitrogens with one attached hydrogen (secondary N) is 1. The zero-order valence-corrected chi connectivity index (χ0v) is 10.5. The molecule has 1 atom stereocenters. The van der Waals surface area contributed by atoms with Crippen molar-refractivity contribution >= 4 is 23.1 Å². The molecule has 0 aromatic carbocycles. The van der Waals surface area contributed by atoms with Crippen molar-refractivity contribution < 1.29 is 4.79 Å². The van der Waals surface area contributed by atoms with Gasteiger partial charge in [0.05, 0.1) is 17.1 Å². The van der Waals surface area contributed by atoms with Gasteiger partial charge in [-0.05, 0) is 13.8 Å². The van der Waals surface area contributed by atoms with Crippen LogP contribution in [0.3, 0.4) is 0 Å². The first-order valence-electron chi connectivity index (χ1n) is 4.98. The number of carbonyl (C=O) groups is 1. The van der Waals surface area contributed by atoms with Crippen LogP contribution in [0.5, 0.6) is 0 Å². The van der Waals surface area contributed by atoms with E-state index in [1.165, 1.54) is 0 Å². The normalized spacial score (nSPS) is 12.2. The van der Waals surface area contributed by atoms with Gasteiger partial charge in [-0.1, -0.05) is 12.2 Å². The molecular formula is C10H16N4OS. The zero-order valence-electron chi connectivity index (χ0n) is 9.65. The quantitative estimate of drug-likeness (QED) is 0.741. The molecule has 1 heterocycles. The van der Waals surface area contributed by atoms with Crippen molar-refractivity contribution in [1.29, 1.82) is 0 Å². The van der Waals surface area contributed by atoms with Gasteiger partial charge in [0, 0.05) is 24.8 Å². The molecule has 0 aliphatic rings. The van der Waals surface area contributed by atoms with Crippen molar-refractivity contribution in [3.8, 4) is 0 Å². The molecule has 0 aliphatic carbocycles. The van der Waals surface area contributed by atoms with Crippen LogP contribution in [-0.4, -0.2) is 20.7 Å². The fourth-order valence-electron chi connectivity index (χ4n) is 1.18. The van der Waals surface area contributed by atoms with Gasteiger partial charge in [-0.3, -0.25) is 9.48 Å². The van der Waals surface area contributed by atoms with Crippen molar-refractivity contribution in [3.63, 3.8) is 0 Å². The van der Waals surface area contributed by atoms with Gasteiger partial charge in [-0.15, -0.1) is 0 Å². The highest BCUT2D eigenvalue weighted by atomic mass is 32.1. The second-order valence-corrected chi connectivity index (χ2v) is 4.19. The van der Waals surface area contributed by atoms with Crippen LogP contribution in [0, 0.1) is 12.8 Å². The molecule has 1 amide bonds. The molecule has 0 spiro atoms. The lowest BCUT2D eigenvalue weighted by molar-refractivity contribution is -0.122. The minimum absolute atomic E-state index is 0.157. The van der Waals surface area contributed by atoms with Gasteiger partial charge in [-0.25, -0.2) is 0 Å². The summed E-state index contributed by atoms with van der Waals surface area (Å²) < 4.78 is 1.76. The number of hydrogen-bond donors (Lipinski definition) is 2. The number of rotatable bonds is 4. The van der Waals surface area contributed by atoms with Crippen molar-refractivity contribution in [1.82, 2.24) is 15.1 Å². The molecule has 1 aromatic rings. The Morgan fingerprint density at radius 3 is 2.81 bits per heavy atom. The summed E-state index contributed by atoms with van der Waals surface area (Å²) in [5, 5.41) is 6.86. The predicted octanol–water partition coefficient (Wildman–Crippen LogP) is 0.267. The van der Waals surface area contributed by atoms with E-state index in [4.69, 9.17) is 18.0 Å². The van der Waals surface area contributed by atoms with E-state index in [2.05, 4.69) is 10.4 Å². The fraction of sp³-hybridized carbons (Fsp3) is 0.500. The van der Waals surface area contributed by atoms with Gasteiger partial charge in [-0.2, -0.15) is 5.10 Å². The van der Waals surface area contributed by atoms with E-state index in [0.717, 1.165) is 11.3 Å². The molecule has 0 bridgehead atoms. The number of thiocarbonyl (C=S) groups is 1. The Kier molecular flexibility index (Phi) is 4.00. The van der Waals surface area contributed by atoms with Crippen molar-refractivity contribution in [2.45, 2.75) is 20.4 Å². The lowest BCUT2D eigenvalue weighted by Crippen LogP contribution is -2.35. The minimum Gasteiger partial charge on any atom is -0.393 e. The van der Waals surface area contributed by atoms with Crippen molar-refractivity contribution in [2.75, 3.05) is 0 Å². The van der Waals surface area contributed by atoms with Gasteiger partial charge >= 0.3 is 0 Å². The molecule has 1 unspecified atom stereocenters. The Morgan fingerprint density at radius 2 is 2.38 bits per heavy atom. The van der Waals surface area contributed by atoms with Crippen LogP contribution in [0.15, 0.2) is 6.20 Å². The van der Waals surface area contributed by atoms with Crippen LogP contribution in [0.1, 0.15) is 18.2 Å². The maximum Gasteiger partial charge on any atom is 0.229 e. The van der Waals surface area contributed by atoms with Gasteiger partial charge in [0.25, 0.3) is 0 Å². The molecule has 16 heavy (non-hydrogen) atoms. The molecule has 0 saturated carbocycles. The summed E-state index contributed by atoms with van der Waals surface area (Å²) in [6.45, 7) is 4.09. The summed E-state index contributed by atoms with van der Waals surface area (Å²) in [5.74, 6) is -0.595. The average Bonchev–Trinajstić information content (AvgIpc) is 2.55. The third-order valence-corrected chi connectivity index (χ3v) is 2.96. The number of amides is 1. The Bertz CT molecular complexity index is 413. The van der Waals surface area contributed by atoms with Crippen molar-refractivity contribution in [3.05, 3.63) is 17.5 Å².